The van der Waals surface area contributed by atoms with E-state index in [1.165, 1.54) is 18.2 Å². The third-order valence-corrected chi connectivity index (χ3v) is 5.03. The monoisotopic (exact) mass is 428 g/mol. The van der Waals surface area contributed by atoms with Crippen molar-refractivity contribution in [2.75, 3.05) is 18.5 Å². The molecule has 31 heavy (non-hydrogen) atoms. The Morgan fingerprint density at radius 1 is 1.03 bits per heavy atom. The van der Waals surface area contributed by atoms with Gasteiger partial charge in [-0.1, -0.05) is 6.07 Å². The number of esters is 1. The molecule has 2 aliphatic rings. The van der Waals surface area contributed by atoms with Gasteiger partial charge in [0, 0.05) is 30.2 Å². The lowest BCUT2D eigenvalue weighted by molar-refractivity contribution is -0.146. The summed E-state index contributed by atoms with van der Waals surface area (Å²) in [5, 5.41) is 4.93. The lowest BCUT2D eigenvalue weighted by atomic mass is 10.2. The van der Waals surface area contributed by atoms with Crippen molar-refractivity contribution in [3.05, 3.63) is 53.8 Å². The van der Waals surface area contributed by atoms with Crippen LogP contribution in [0.5, 0.6) is 11.5 Å². The van der Waals surface area contributed by atoms with Crippen LogP contribution < -0.4 is 20.1 Å². The molecule has 1 aliphatic heterocycles. The van der Waals surface area contributed by atoms with E-state index in [-0.39, 0.29) is 5.56 Å². The van der Waals surface area contributed by atoms with Crippen molar-refractivity contribution in [2.45, 2.75) is 31.5 Å². The van der Waals surface area contributed by atoms with Crippen LogP contribution in [0.15, 0.2) is 42.5 Å². The zero-order valence-electron chi connectivity index (χ0n) is 16.6. The van der Waals surface area contributed by atoms with E-state index < -0.39 is 42.5 Å². The Morgan fingerprint density at radius 3 is 2.58 bits per heavy atom. The van der Waals surface area contributed by atoms with Crippen molar-refractivity contribution in [1.29, 1.82) is 0 Å². The molecule has 162 valence electrons. The van der Waals surface area contributed by atoms with Crippen LogP contribution in [0, 0.1) is 5.82 Å². The van der Waals surface area contributed by atoms with Gasteiger partial charge in [-0.05, 0) is 43.2 Å². The average Bonchev–Trinajstić information content (AvgIpc) is 3.35. The normalized spacial score (nSPS) is 15.5. The van der Waals surface area contributed by atoms with Crippen LogP contribution in [0.4, 0.5) is 10.1 Å². The van der Waals surface area contributed by atoms with Crippen LogP contribution in [-0.2, 0) is 14.3 Å². The molecule has 1 aliphatic carbocycles. The van der Waals surface area contributed by atoms with E-state index in [0.717, 1.165) is 31.7 Å². The van der Waals surface area contributed by atoms with Gasteiger partial charge in [-0.2, -0.15) is 0 Å². The first-order valence-electron chi connectivity index (χ1n) is 9.94. The molecule has 9 heteroatoms. The number of ether oxygens (including phenoxy) is 3. The fraction of sp³-hybridized carbons (Fsp3) is 0.318. The van der Waals surface area contributed by atoms with Gasteiger partial charge in [0.25, 0.3) is 17.6 Å². The molecule has 1 fully saturated rings. The van der Waals surface area contributed by atoms with Crippen LogP contribution in [0.1, 0.15) is 36.0 Å². The molecule has 2 N–H and O–H groups in total. The second-order valence-corrected chi connectivity index (χ2v) is 7.39. The maximum absolute atomic E-state index is 13.1. The predicted octanol–water partition coefficient (Wildman–Crippen LogP) is 2.78. The molecule has 0 radical (unpaired) electrons. The molecule has 0 aromatic heterocycles. The molecule has 2 amide bonds. The highest BCUT2D eigenvalue weighted by Crippen LogP contribution is 2.47. The lowest BCUT2D eigenvalue weighted by Gasteiger charge is -2.21. The first-order valence-corrected chi connectivity index (χ1v) is 9.94. The summed E-state index contributed by atoms with van der Waals surface area (Å²) in [5.41, 5.74) is 0.561. The van der Waals surface area contributed by atoms with Crippen molar-refractivity contribution in [3.63, 3.8) is 0 Å². The van der Waals surface area contributed by atoms with Crippen molar-refractivity contribution in [3.8, 4) is 11.5 Å². The molecule has 2 aromatic carbocycles. The molecule has 0 bridgehead atoms. The predicted molar refractivity (Wildman–Crippen MR) is 107 cm³/mol. The van der Waals surface area contributed by atoms with E-state index in [0.29, 0.717) is 17.2 Å². The summed E-state index contributed by atoms with van der Waals surface area (Å²) in [6.07, 6.45) is 3.75. The number of carbonyl (C=O) groups is 3. The summed E-state index contributed by atoms with van der Waals surface area (Å²) in [4.78, 5) is 35.7. The van der Waals surface area contributed by atoms with Gasteiger partial charge in [0.2, 0.25) is 0 Å². The van der Waals surface area contributed by atoms with Gasteiger partial charge in [0.05, 0.1) is 0 Å². The molecular formula is C22H21FN2O6. The summed E-state index contributed by atoms with van der Waals surface area (Å²) in [6, 6.07) is 10.1. The maximum Gasteiger partial charge on any atom is 0.325 e. The molecule has 0 atom stereocenters. The van der Waals surface area contributed by atoms with E-state index in [2.05, 4.69) is 10.6 Å². The molecule has 4 rings (SSSR count). The quantitative estimate of drug-likeness (QED) is 0.686. The number of nitrogens with one attached hydrogen (secondary N) is 2. The number of halogens is 1. The van der Waals surface area contributed by atoms with Crippen LogP contribution in [-0.4, -0.2) is 36.7 Å². The van der Waals surface area contributed by atoms with Gasteiger partial charge < -0.3 is 24.8 Å². The van der Waals surface area contributed by atoms with Gasteiger partial charge in [0.15, 0.2) is 18.1 Å². The van der Waals surface area contributed by atoms with Crippen LogP contribution in [0.25, 0.3) is 0 Å². The van der Waals surface area contributed by atoms with Gasteiger partial charge in [-0.15, -0.1) is 0 Å². The van der Waals surface area contributed by atoms with E-state index in [9.17, 15) is 18.8 Å². The number of amides is 2. The number of rotatable bonds is 6. The van der Waals surface area contributed by atoms with Gasteiger partial charge in [-0.25, -0.2) is 4.39 Å². The fourth-order valence-electron chi connectivity index (χ4n) is 3.57. The van der Waals surface area contributed by atoms with Crippen molar-refractivity contribution >= 4 is 23.5 Å². The van der Waals surface area contributed by atoms with Crippen LogP contribution in [0.2, 0.25) is 0 Å². The van der Waals surface area contributed by atoms with E-state index in [4.69, 9.17) is 14.2 Å². The molecule has 1 heterocycles. The average molecular weight is 428 g/mol. The first-order chi connectivity index (χ1) is 14.9. The van der Waals surface area contributed by atoms with Crippen molar-refractivity contribution in [1.82, 2.24) is 5.32 Å². The zero-order valence-corrected chi connectivity index (χ0v) is 16.6. The minimum absolute atomic E-state index is 0.0766. The maximum atomic E-state index is 13.1. The zero-order chi connectivity index (χ0) is 21.8. The Hall–Kier alpha value is -3.62. The Balaban J connectivity index is 1.22. The number of benzene rings is 2. The number of hydrogen-bond acceptors (Lipinski definition) is 6. The first kappa shape index (κ1) is 20.6. The highest BCUT2D eigenvalue weighted by molar-refractivity contribution is 5.96. The highest BCUT2D eigenvalue weighted by atomic mass is 19.1. The summed E-state index contributed by atoms with van der Waals surface area (Å²) in [5.74, 6) is -1.91. The number of fused-ring (bicyclic) bond motifs is 1. The van der Waals surface area contributed by atoms with Crippen LogP contribution >= 0.6 is 0 Å². The van der Waals surface area contributed by atoms with Crippen LogP contribution in [0.3, 0.4) is 0 Å². The van der Waals surface area contributed by atoms with E-state index in [1.54, 1.807) is 18.2 Å². The standard InChI is InChI=1S/C22H21FN2O6/c23-15-5-3-4-14(10-15)21(28)24-12-20(27)29-13-19(26)25-16-6-7-17-18(11-16)31-22(30-17)8-1-2-9-22/h3-7,10-11H,1-2,8-9,12-13H2,(H,24,28)(H,25,26). The van der Waals surface area contributed by atoms with Gasteiger partial charge >= 0.3 is 5.97 Å². The Kier molecular flexibility index (Phi) is 5.75. The number of anilines is 1. The number of hydrogen-bond donors (Lipinski definition) is 2. The minimum atomic E-state index is -0.797. The largest absolute Gasteiger partial charge is 0.454 e. The lowest BCUT2D eigenvalue weighted by Crippen LogP contribution is -2.34. The van der Waals surface area contributed by atoms with E-state index in [1.807, 2.05) is 0 Å². The fourth-order valence-corrected chi connectivity index (χ4v) is 3.57. The molecule has 8 nitrogen and oxygen atoms in total. The minimum Gasteiger partial charge on any atom is -0.454 e. The summed E-state index contributed by atoms with van der Waals surface area (Å²) < 4.78 is 29.9. The summed E-state index contributed by atoms with van der Waals surface area (Å²) in [6.45, 7) is -0.970. The summed E-state index contributed by atoms with van der Waals surface area (Å²) in [7, 11) is 0. The third kappa shape index (κ3) is 4.93. The Labute approximate surface area is 177 Å². The molecule has 1 saturated carbocycles. The van der Waals surface area contributed by atoms with Gasteiger partial charge in [0.1, 0.15) is 12.4 Å². The molecule has 0 unspecified atom stereocenters. The smallest absolute Gasteiger partial charge is 0.325 e. The topological polar surface area (TPSA) is 103 Å². The molecular weight excluding hydrogens is 407 g/mol. The Bertz CT molecular complexity index is 1020. The highest BCUT2D eigenvalue weighted by Gasteiger charge is 2.44. The van der Waals surface area contributed by atoms with Gasteiger partial charge in [-0.3, -0.25) is 14.4 Å². The Morgan fingerprint density at radius 2 is 1.81 bits per heavy atom. The second kappa shape index (κ2) is 8.63. The molecule has 1 spiro atoms. The molecule has 2 aromatic rings. The van der Waals surface area contributed by atoms with Crippen molar-refractivity contribution in [2.24, 2.45) is 0 Å². The van der Waals surface area contributed by atoms with E-state index >= 15 is 0 Å². The third-order valence-electron chi connectivity index (χ3n) is 5.03. The second-order valence-electron chi connectivity index (χ2n) is 7.39. The summed E-state index contributed by atoms with van der Waals surface area (Å²) >= 11 is 0. The number of carbonyl (C=O) groups excluding carboxylic acids is 3. The SMILES string of the molecule is O=C(COC(=O)CNC(=O)c1cccc(F)c1)Nc1ccc2c(c1)OC1(CCCC1)O2. The molecule has 0 saturated heterocycles. The van der Waals surface area contributed by atoms with Crippen molar-refractivity contribution < 1.29 is 33.0 Å².